The Hall–Kier alpha value is -4.22. The molecule has 0 bridgehead atoms. The Morgan fingerprint density at radius 3 is 2.13 bits per heavy atom. The lowest BCUT2D eigenvalue weighted by Crippen LogP contribution is -2.57. The summed E-state index contributed by atoms with van der Waals surface area (Å²) in [5.41, 5.74) is -1.99. The van der Waals surface area contributed by atoms with Gasteiger partial charge in [0.15, 0.2) is 0 Å². The van der Waals surface area contributed by atoms with Gasteiger partial charge in [0.25, 0.3) is 12.2 Å². The normalized spacial score (nSPS) is 24.5. The summed E-state index contributed by atoms with van der Waals surface area (Å²) < 4.78 is 21.3. The number of aliphatic hydroxyl groups excluding tert-OH is 2. The van der Waals surface area contributed by atoms with Crippen molar-refractivity contribution in [3.05, 3.63) is 33.9 Å². The maximum Gasteiger partial charge on any atom is 0.407 e. The van der Waals surface area contributed by atoms with Crippen molar-refractivity contribution in [3.63, 3.8) is 0 Å². The van der Waals surface area contributed by atoms with Gasteiger partial charge in [0.1, 0.15) is 31.3 Å². The van der Waals surface area contributed by atoms with Crippen LogP contribution in [0, 0.1) is 10.1 Å². The van der Waals surface area contributed by atoms with Crippen LogP contribution >= 0.6 is 0 Å². The van der Waals surface area contributed by atoms with E-state index in [0.717, 1.165) is 6.07 Å². The first kappa shape index (κ1) is 42.2. The largest absolute Gasteiger partial charge is 0.480 e. The van der Waals surface area contributed by atoms with Gasteiger partial charge in [-0.1, -0.05) is 0 Å². The molecule has 1 aromatic carbocycles. The number of alkyl carbamates (subject to hydrolysis) is 1. The topological polar surface area (TPSA) is 274 Å². The number of hydrogen-bond donors (Lipinski definition) is 6. The monoisotopic (exact) mass is 744 g/mol. The van der Waals surface area contributed by atoms with E-state index in [4.69, 9.17) is 18.9 Å². The van der Waals surface area contributed by atoms with E-state index < -0.39 is 66.0 Å². The van der Waals surface area contributed by atoms with Crippen molar-refractivity contribution >= 4 is 30.2 Å². The standard InChI is InChI=1S/C31H48N6O15/c1-31(46)15-28(52-25(18-38)29(31)44)51-23-3-2-22(24(14-23)37(47)48)19-50-30(45)32-4-5-33-6-8-34(16-26(40)41)9-10-35(17-27(42)43)11-13-36(12-7-33)20-49-21-39/h2-3,14,21,25,28-29,38,44,46H,4-13,15-20H2,1H3,(H,32,45)(H,40,41)(H,42,43). The molecule has 6 N–H and O–H groups in total. The number of carboxylic acid groups (broad SMARTS) is 2. The highest BCUT2D eigenvalue weighted by Crippen LogP contribution is 2.32. The van der Waals surface area contributed by atoms with E-state index >= 15 is 0 Å². The number of carboxylic acids is 2. The van der Waals surface area contributed by atoms with Crippen LogP contribution in [0.5, 0.6) is 5.75 Å². The first-order valence-electron chi connectivity index (χ1n) is 16.6. The number of hydrogen-bond acceptors (Lipinski definition) is 17. The molecule has 292 valence electrons. The second-order valence-electron chi connectivity index (χ2n) is 12.7. The first-order valence-corrected chi connectivity index (χ1v) is 16.6. The number of aliphatic hydroxyl groups is 3. The predicted molar refractivity (Wildman–Crippen MR) is 177 cm³/mol. The number of ether oxygens (including phenoxy) is 4. The number of carbonyl (C=O) groups is 4. The van der Waals surface area contributed by atoms with Crippen molar-refractivity contribution in [2.45, 2.75) is 44.1 Å². The highest BCUT2D eigenvalue weighted by molar-refractivity contribution is 5.69. The van der Waals surface area contributed by atoms with Gasteiger partial charge in [0.05, 0.1) is 41.9 Å². The minimum Gasteiger partial charge on any atom is -0.480 e. The zero-order chi connectivity index (χ0) is 38.3. The van der Waals surface area contributed by atoms with Crippen LogP contribution in [0.3, 0.4) is 0 Å². The number of nitro groups is 1. The average Bonchev–Trinajstić information content (AvgIpc) is 3.07. The van der Waals surface area contributed by atoms with Gasteiger partial charge in [-0.2, -0.15) is 0 Å². The fourth-order valence-corrected chi connectivity index (χ4v) is 5.73. The number of nitro benzene ring substituents is 1. The van der Waals surface area contributed by atoms with Gasteiger partial charge in [-0.15, -0.1) is 0 Å². The van der Waals surface area contributed by atoms with E-state index in [2.05, 4.69) is 5.32 Å². The van der Waals surface area contributed by atoms with E-state index in [1.54, 1.807) is 9.80 Å². The van der Waals surface area contributed by atoms with Crippen LogP contribution in [0.25, 0.3) is 0 Å². The van der Waals surface area contributed by atoms with Crippen molar-refractivity contribution < 1.29 is 68.6 Å². The van der Waals surface area contributed by atoms with Gasteiger partial charge in [0.2, 0.25) is 6.29 Å². The third-order valence-corrected chi connectivity index (χ3v) is 8.63. The summed E-state index contributed by atoms with van der Waals surface area (Å²) in [6.07, 6.45) is -4.65. The molecule has 0 saturated carbocycles. The molecule has 4 atom stereocenters. The van der Waals surface area contributed by atoms with Crippen molar-refractivity contribution in [1.82, 2.24) is 24.9 Å². The zero-order valence-corrected chi connectivity index (χ0v) is 28.9. The van der Waals surface area contributed by atoms with Crippen LogP contribution in [-0.2, 0) is 35.2 Å². The molecule has 21 nitrogen and oxygen atoms in total. The highest BCUT2D eigenvalue weighted by atomic mass is 16.7. The fraction of sp³-hybridized carbons (Fsp3) is 0.677. The molecular formula is C31H48N6O15. The molecule has 2 fully saturated rings. The molecule has 0 radical (unpaired) electrons. The van der Waals surface area contributed by atoms with Gasteiger partial charge >= 0.3 is 18.0 Å². The lowest BCUT2D eigenvalue weighted by Gasteiger charge is -2.42. The molecule has 2 heterocycles. The molecule has 0 aliphatic carbocycles. The van der Waals surface area contributed by atoms with Crippen LogP contribution < -0.4 is 10.1 Å². The Morgan fingerprint density at radius 1 is 1.02 bits per heavy atom. The fourth-order valence-electron chi connectivity index (χ4n) is 5.73. The zero-order valence-electron chi connectivity index (χ0n) is 28.9. The first-order chi connectivity index (χ1) is 24.7. The maximum absolute atomic E-state index is 12.6. The van der Waals surface area contributed by atoms with E-state index in [9.17, 15) is 54.8 Å². The minimum atomic E-state index is -1.65. The number of aliphatic carboxylic acids is 2. The molecule has 21 heteroatoms. The summed E-state index contributed by atoms with van der Waals surface area (Å²) in [5, 5.41) is 63.2. The van der Waals surface area contributed by atoms with Gasteiger partial charge in [0, 0.05) is 71.9 Å². The van der Waals surface area contributed by atoms with Crippen molar-refractivity contribution in [3.8, 4) is 5.75 Å². The van der Waals surface area contributed by atoms with E-state index in [0.29, 0.717) is 65.4 Å². The van der Waals surface area contributed by atoms with Crippen LogP contribution in [-0.4, -0.2) is 191 Å². The molecule has 0 aromatic heterocycles. The van der Waals surface area contributed by atoms with Crippen molar-refractivity contribution in [1.29, 1.82) is 0 Å². The van der Waals surface area contributed by atoms with E-state index in [1.165, 1.54) is 19.1 Å². The molecule has 1 aromatic rings. The quantitative estimate of drug-likeness (QED) is 0.0603. The van der Waals surface area contributed by atoms with Crippen molar-refractivity contribution in [2.75, 3.05) is 91.9 Å². The molecule has 2 aliphatic rings. The number of rotatable bonds is 16. The SMILES string of the molecule is CC1(O)CC(Oc2ccc(COC(=O)NCCN3CCN(COC=O)CCN(CC(=O)O)CCN(CC(=O)O)CC3)c([N+](=O)[O-])c2)OC(CO)C1O. The maximum atomic E-state index is 12.6. The Morgan fingerprint density at radius 2 is 1.60 bits per heavy atom. The third kappa shape index (κ3) is 14.1. The molecular weight excluding hydrogens is 696 g/mol. The summed E-state index contributed by atoms with van der Waals surface area (Å²) in [6.45, 7) is 3.46. The average molecular weight is 745 g/mol. The third-order valence-electron chi connectivity index (χ3n) is 8.63. The summed E-state index contributed by atoms with van der Waals surface area (Å²) >= 11 is 0. The van der Waals surface area contributed by atoms with Crippen LogP contribution in [0.4, 0.5) is 10.5 Å². The van der Waals surface area contributed by atoms with Gasteiger partial charge in [-0.3, -0.25) is 44.1 Å². The number of benzene rings is 1. The molecule has 3 rings (SSSR count). The van der Waals surface area contributed by atoms with Crippen LogP contribution in [0.15, 0.2) is 18.2 Å². The second-order valence-corrected chi connectivity index (χ2v) is 12.7. The van der Waals surface area contributed by atoms with Gasteiger partial charge in [-0.25, -0.2) is 4.79 Å². The van der Waals surface area contributed by atoms with Gasteiger partial charge in [-0.05, 0) is 19.1 Å². The van der Waals surface area contributed by atoms with Gasteiger partial charge < -0.3 is 49.8 Å². The Kier molecular flexibility index (Phi) is 16.8. The smallest absolute Gasteiger partial charge is 0.407 e. The summed E-state index contributed by atoms with van der Waals surface area (Å²) in [5.74, 6) is -2.04. The van der Waals surface area contributed by atoms with Crippen LogP contribution in [0.2, 0.25) is 0 Å². The molecule has 1 amide bonds. The number of nitrogens with zero attached hydrogens (tertiary/aromatic N) is 5. The summed E-state index contributed by atoms with van der Waals surface area (Å²) in [6, 6.07) is 3.82. The summed E-state index contributed by atoms with van der Waals surface area (Å²) in [4.78, 5) is 64.6. The number of amides is 1. The molecule has 2 aliphatic heterocycles. The van der Waals surface area contributed by atoms with Crippen LogP contribution in [0.1, 0.15) is 18.9 Å². The van der Waals surface area contributed by atoms with E-state index in [-0.39, 0.29) is 44.1 Å². The Labute approximate surface area is 299 Å². The number of nitrogens with one attached hydrogen (secondary N) is 1. The molecule has 0 spiro atoms. The van der Waals surface area contributed by atoms with Crippen molar-refractivity contribution in [2.24, 2.45) is 0 Å². The highest BCUT2D eigenvalue weighted by Gasteiger charge is 2.45. The second kappa shape index (κ2) is 20.7. The molecule has 52 heavy (non-hydrogen) atoms. The van der Waals surface area contributed by atoms with E-state index in [1.807, 2.05) is 9.80 Å². The summed E-state index contributed by atoms with van der Waals surface area (Å²) in [7, 11) is 0. The lowest BCUT2D eigenvalue weighted by atomic mass is 9.88. The predicted octanol–water partition coefficient (Wildman–Crippen LogP) is -2.06. The Balaban J connectivity index is 1.57. The minimum absolute atomic E-state index is 0.00987. The molecule has 2 saturated heterocycles. The number of carbonyl (C=O) groups excluding carboxylic acids is 2. The molecule has 4 unspecified atom stereocenters. The lowest BCUT2D eigenvalue weighted by molar-refractivity contribution is -0.386. The Bertz CT molecular complexity index is 1350.